The lowest BCUT2D eigenvalue weighted by Gasteiger charge is -2.31. The molecule has 3 nitrogen and oxygen atoms in total. The van der Waals surface area contributed by atoms with Crippen LogP contribution < -0.4 is 5.32 Å². The van der Waals surface area contributed by atoms with Gasteiger partial charge in [-0.1, -0.05) is 6.92 Å². The third-order valence-electron chi connectivity index (χ3n) is 3.94. The van der Waals surface area contributed by atoms with E-state index in [9.17, 15) is 0 Å². The average molecular weight is 250 g/mol. The Morgan fingerprint density at radius 3 is 2.94 bits per heavy atom. The Hall–Kier alpha value is -0.800. The molecule has 1 saturated heterocycles. The zero-order chi connectivity index (χ0) is 12.8. The van der Waals surface area contributed by atoms with Gasteiger partial charge in [0.2, 0.25) is 0 Å². The van der Waals surface area contributed by atoms with Gasteiger partial charge in [-0.3, -0.25) is 0 Å². The molecule has 2 atom stereocenters. The van der Waals surface area contributed by atoms with Gasteiger partial charge in [0.15, 0.2) is 0 Å². The van der Waals surface area contributed by atoms with E-state index in [1.54, 1.807) is 6.26 Å². The molecule has 0 amide bonds. The Kier molecular flexibility index (Phi) is 5.26. The van der Waals surface area contributed by atoms with E-state index in [1.807, 2.05) is 6.07 Å². The molecule has 1 aromatic heterocycles. The molecule has 0 radical (unpaired) electrons. The van der Waals surface area contributed by atoms with E-state index < -0.39 is 0 Å². The van der Waals surface area contributed by atoms with Gasteiger partial charge in [0.25, 0.3) is 0 Å². The van der Waals surface area contributed by atoms with Crippen molar-refractivity contribution in [3.05, 3.63) is 24.2 Å². The van der Waals surface area contributed by atoms with Crippen LogP contribution in [0.2, 0.25) is 0 Å². The van der Waals surface area contributed by atoms with Crippen LogP contribution in [0.15, 0.2) is 22.8 Å². The molecule has 1 aromatic rings. The van der Waals surface area contributed by atoms with Crippen molar-refractivity contribution in [2.75, 3.05) is 19.6 Å². The molecule has 0 bridgehead atoms. The summed E-state index contributed by atoms with van der Waals surface area (Å²) < 4.78 is 5.40. The highest BCUT2D eigenvalue weighted by Gasteiger charge is 2.17. The molecule has 18 heavy (non-hydrogen) atoms. The fraction of sp³-hybridized carbons (Fsp3) is 0.733. The van der Waals surface area contributed by atoms with Crippen LogP contribution in [0.3, 0.4) is 0 Å². The van der Waals surface area contributed by atoms with Crippen LogP contribution in [0.4, 0.5) is 0 Å². The summed E-state index contributed by atoms with van der Waals surface area (Å²) in [7, 11) is 0. The predicted octanol–water partition coefficient (Wildman–Crippen LogP) is 2.67. The van der Waals surface area contributed by atoms with Gasteiger partial charge >= 0.3 is 0 Å². The van der Waals surface area contributed by atoms with E-state index in [0.29, 0.717) is 12.1 Å². The fourth-order valence-corrected chi connectivity index (χ4v) is 2.66. The van der Waals surface area contributed by atoms with Crippen LogP contribution >= 0.6 is 0 Å². The summed E-state index contributed by atoms with van der Waals surface area (Å²) in [6.45, 7) is 8.11. The summed E-state index contributed by atoms with van der Waals surface area (Å²) in [4.78, 5) is 2.59. The van der Waals surface area contributed by atoms with Crippen LogP contribution in [0.5, 0.6) is 0 Å². The molecule has 1 fully saturated rings. The van der Waals surface area contributed by atoms with Crippen molar-refractivity contribution in [2.45, 2.75) is 51.6 Å². The second-order valence-corrected chi connectivity index (χ2v) is 5.42. The summed E-state index contributed by atoms with van der Waals surface area (Å²) in [6.07, 6.45) is 6.54. The summed E-state index contributed by atoms with van der Waals surface area (Å²) in [5.74, 6) is 1.11. The quantitative estimate of drug-likeness (QED) is 0.890. The first-order chi connectivity index (χ1) is 8.78. The van der Waals surface area contributed by atoms with Gasteiger partial charge in [-0.25, -0.2) is 0 Å². The van der Waals surface area contributed by atoms with E-state index in [1.165, 1.54) is 32.4 Å². The summed E-state index contributed by atoms with van der Waals surface area (Å²) in [5.41, 5.74) is 0. The highest BCUT2D eigenvalue weighted by atomic mass is 16.3. The van der Waals surface area contributed by atoms with E-state index in [2.05, 4.69) is 30.1 Å². The lowest BCUT2D eigenvalue weighted by Crippen LogP contribution is -2.44. The van der Waals surface area contributed by atoms with E-state index in [0.717, 1.165) is 18.7 Å². The Labute approximate surface area is 111 Å². The van der Waals surface area contributed by atoms with Crippen molar-refractivity contribution in [1.29, 1.82) is 0 Å². The van der Waals surface area contributed by atoms with Crippen LogP contribution in [-0.2, 0) is 6.42 Å². The largest absolute Gasteiger partial charge is 0.469 e. The minimum Gasteiger partial charge on any atom is -0.469 e. The first-order valence-corrected chi connectivity index (χ1v) is 7.28. The van der Waals surface area contributed by atoms with Gasteiger partial charge in [-0.2, -0.15) is 0 Å². The van der Waals surface area contributed by atoms with Crippen LogP contribution in [-0.4, -0.2) is 36.6 Å². The molecule has 1 N–H and O–H groups in total. The molecule has 0 aliphatic carbocycles. The molecule has 1 aliphatic heterocycles. The molecule has 0 spiro atoms. The number of nitrogens with one attached hydrogen (secondary N) is 1. The number of rotatable bonds is 4. The fourth-order valence-electron chi connectivity index (χ4n) is 2.66. The molecule has 0 aromatic carbocycles. The molecular formula is C15H26N2O. The SMILES string of the molecule is CCC1CCN(CCc2ccco2)CCC(C)N1. The standard InChI is InChI=1S/C15H26N2O/c1-3-14-7-10-17(9-6-13(2)16-14)11-8-15-5-4-12-18-15/h4-5,12-14,16H,3,6-11H2,1-2H3. The van der Waals surface area contributed by atoms with Crippen LogP contribution in [0.1, 0.15) is 38.9 Å². The minimum atomic E-state index is 0.640. The Balaban J connectivity index is 1.80. The van der Waals surface area contributed by atoms with E-state index >= 15 is 0 Å². The number of hydrogen-bond acceptors (Lipinski definition) is 3. The first kappa shape index (κ1) is 13.6. The molecule has 3 heteroatoms. The Morgan fingerprint density at radius 2 is 2.22 bits per heavy atom. The normalized spacial score (nSPS) is 26.8. The first-order valence-electron chi connectivity index (χ1n) is 7.28. The molecular weight excluding hydrogens is 224 g/mol. The smallest absolute Gasteiger partial charge is 0.105 e. The molecule has 2 unspecified atom stereocenters. The van der Waals surface area contributed by atoms with Crippen LogP contribution in [0, 0.1) is 0 Å². The summed E-state index contributed by atoms with van der Waals surface area (Å²) in [5, 5.41) is 3.71. The Morgan fingerprint density at radius 1 is 1.39 bits per heavy atom. The van der Waals surface area contributed by atoms with Gasteiger partial charge in [-0.15, -0.1) is 0 Å². The lowest BCUT2D eigenvalue weighted by molar-refractivity contribution is 0.211. The third kappa shape index (κ3) is 4.14. The zero-order valence-corrected chi connectivity index (χ0v) is 11.7. The highest BCUT2D eigenvalue weighted by Crippen LogP contribution is 2.10. The highest BCUT2D eigenvalue weighted by molar-refractivity contribution is 4.98. The zero-order valence-electron chi connectivity index (χ0n) is 11.7. The number of hydrogen-bond donors (Lipinski definition) is 1. The minimum absolute atomic E-state index is 0.640. The maximum Gasteiger partial charge on any atom is 0.105 e. The second kappa shape index (κ2) is 6.95. The van der Waals surface area contributed by atoms with Gasteiger partial charge < -0.3 is 14.6 Å². The van der Waals surface area contributed by atoms with E-state index in [4.69, 9.17) is 4.42 Å². The van der Waals surface area contributed by atoms with Crippen molar-refractivity contribution in [1.82, 2.24) is 10.2 Å². The van der Waals surface area contributed by atoms with Crippen molar-refractivity contribution < 1.29 is 4.42 Å². The summed E-state index contributed by atoms with van der Waals surface area (Å²) in [6, 6.07) is 5.37. The number of nitrogens with zero attached hydrogens (tertiary/aromatic N) is 1. The van der Waals surface area contributed by atoms with Crippen molar-refractivity contribution in [3.63, 3.8) is 0 Å². The topological polar surface area (TPSA) is 28.4 Å². The number of furan rings is 1. The molecule has 2 rings (SSSR count). The van der Waals surface area contributed by atoms with E-state index in [-0.39, 0.29) is 0 Å². The van der Waals surface area contributed by atoms with Crippen molar-refractivity contribution in [2.24, 2.45) is 0 Å². The molecule has 2 heterocycles. The average Bonchev–Trinajstić information content (AvgIpc) is 2.86. The van der Waals surface area contributed by atoms with Crippen LogP contribution in [0.25, 0.3) is 0 Å². The van der Waals surface area contributed by atoms with Crippen molar-refractivity contribution >= 4 is 0 Å². The predicted molar refractivity (Wildman–Crippen MR) is 74.8 cm³/mol. The van der Waals surface area contributed by atoms with Gasteiger partial charge in [0.05, 0.1) is 6.26 Å². The van der Waals surface area contributed by atoms with Gasteiger partial charge in [0, 0.05) is 25.0 Å². The van der Waals surface area contributed by atoms with Crippen molar-refractivity contribution in [3.8, 4) is 0 Å². The summed E-state index contributed by atoms with van der Waals surface area (Å²) >= 11 is 0. The second-order valence-electron chi connectivity index (χ2n) is 5.42. The Bertz CT molecular complexity index is 323. The molecule has 102 valence electrons. The maximum absolute atomic E-state index is 5.40. The monoisotopic (exact) mass is 250 g/mol. The molecule has 0 saturated carbocycles. The van der Waals surface area contributed by atoms with Gasteiger partial charge in [-0.05, 0) is 51.4 Å². The molecule has 1 aliphatic rings. The van der Waals surface area contributed by atoms with Gasteiger partial charge in [0.1, 0.15) is 5.76 Å². The lowest BCUT2D eigenvalue weighted by atomic mass is 10.1. The maximum atomic E-state index is 5.40. The third-order valence-corrected chi connectivity index (χ3v) is 3.94.